The molecular weight excluding hydrogens is 386 g/mol. The van der Waals surface area contributed by atoms with Gasteiger partial charge in [-0.1, -0.05) is 60.3 Å². The van der Waals surface area contributed by atoms with Crippen LogP contribution < -0.4 is 4.74 Å². The van der Waals surface area contributed by atoms with E-state index in [0.29, 0.717) is 0 Å². The summed E-state index contributed by atoms with van der Waals surface area (Å²) in [5, 5.41) is 0. The summed E-state index contributed by atoms with van der Waals surface area (Å²) in [7, 11) is 1.67. The van der Waals surface area contributed by atoms with E-state index in [1.807, 2.05) is 42.2 Å². The minimum Gasteiger partial charge on any atom is -0.497 e. The molecule has 0 saturated heterocycles. The maximum Gasteiger partial charge on any atom is 0.118 e. The third-order valence-electron chi connectivity index (χ3n) is 5.38. The molecule has 4 aromatic rings. The van der Waals surface area contributed by atoms with Gasteiger partial charge in [-0.05, 0) is 70.8 Å². The number of hydrogen-bond donors (Lipinski definition) is 0. The van der Waals surface area contributed by atoms with Gasteiger partial charge < -0.3 is 4.74 Å². The standard InChI is InChI=1S/C27H21NOS/c1-29-22-16-10-19(11-17-22)18-28-21-14-12-20(13-15-21)27-23-6-2-4-8-25(23)30-26-9-5-3-7-24(26)27/h2-18,27H,1H3. The second kappa shape index (κ2) is 8.21. The molecule has 0 saturated carbocycles. The molecule has 1 heterocycles. The van der Waals surface area contributed by atoms with Gasteiger partial charge in [-0.15, -0.1) is 0 Å². The predicted molar refractivity (Wildman–Crippen MR) is 125 cm³/mol. The first kappa shape index (κ1) is 18.7. The van der Waals surface area contributed by atoms with Crippen LogP contribution >= 0.6 is 11.8 Å². The molecule has 30 heavy (non-hydrogen) atoms. The van der Waals surface area contributed by atoms with Gasteiger partial charge in [0.25, 0.3) is 0 Å². The lowest BCUT2D eigenvalue weighted by Crippen LogP contribution is -2.09. The SMILES string of the molecule is COc1ccc(C=Nc2ccc(C3c4ccccc4Sc4ccccc43)cc2)cc1. The van der Waals surface area contributed by atoms with E-state index in [2.05, 4.69) is 77.8 Å². The van der Waals surface area contributed by atoms with Crippen molar-refractivity contribution in [2.45, 2.75) is 15.7 Å². The molecule has 0 N–H and O–H groups in total. The molecule has 0 spiro atoms. The number of nitrogens with zero attached hydrogens (tertiary/aromatic N) is 1. The Kier molecular flexibility index (Phi) is 5.12. The number of ether oxygens (including phenoxy) is 1. The Morgan fingerprint density at radius 3 is 1.93 bits per heavy atom. The Morgan fingerprint density at radius 2 is 1.33 bits per heavy atom. The zero-order valence-electron chi connectivity index (χ0n) is 16.7. The van der Waals surface area contributed by atoms with Crippen molar-refractivity contribution in [2.75, 3.05) is 7.11 Å². The lowest BCUT2D eigenvalue weighted by atomic mass is 9.84. The maximum atomic E-state index is 5.21. The van der Waals surface area contributed by atoms with Crippen LogP contribution in [0.15, 0.2) is 112 Å². The molecule has 0 bridgehead atoms. The topological polar surface area (TPSA) is 21.6 Å². The van der Waals surface area contributed by atoms with Crippen molar-refractivity contribution < 1.29 is 4.74 Å². The van der Waals surface area contributed by atoms with Gasteiger partial charge in [0.15, 0.2) is 0 Å². The van der Waals surface area contributed by atoms with Gasteiger partial charge in [0.05, 0.1) is 12.8 Å². The zero-order chi connectivity index (χ0) is 20.3. The fourth-order valence-electron chi connectivity index (χ4n) is 3.86. The van der Waals surface area contributed by atoms with Crippen molar-refractivity contribution in [1.29, 1.82) is 0 Å². The first-order chi connectivity index (χ1) is 14.8. The third kappa shape index (κ3) is 3.64. The number of rotatable bonds is 4. The molecule has 0 atom stereocenters. The highest BCUT2D eigenvalue weighted by Gasteiger charge is 2.26. The molecule has 0 radical (unpaired) electrons. The molecule has 0 aliphatic carbocycles. The summed E-state index contributed by atoms with van der Waals surface area (Å²) in [5.74, 6) is 1.10. The van der Waals surface area contributed by atoms with Gasteiger partial charge in [-0.3, -0.25) is 4.99 Å². The van der Waals surface area contributed by atoms with Crippen LogP contribution in [-0.4, -0.2) is 13.3 Å². The number of methoxy groups -OCH3 is 1. The van der Waals surface area contributed by atoms with E-state index in [0.717, 1.165) is 17.0 Å². The van der Waals surface area contributed by atoms with Crippen molar-refractivity contribution in [3.8, 4) is 5.75 Å². The zero-order valence-corrected chi connectivity index (χ0v) is 17.5. The lowest BCUT2D eigenvalue weighted by molar-refractivity contribution is 0.415. The van der Waals surface area contributed by atoms with E-state index < -0.39 is 0 Å². The first-order valence-electron chi connectivity index (χ1n) is 9.95. The number of aliphatic imine (C=N–C) groups is 1. The monoisotopic (exact) mass is 407 g/mol. The van der Waals surface area contributed by atoms with Crippen molar-refractivity contribution in [2.24, 2.45) is 4.99 Å². The average Bonchev–Trinajstić information content (AvgIpc) is 2.82. The summed E-state index contributed by atoms with van der Waals surface area (Å²) < 4.78 is 5.21. The molecular formula is C27H21NOS. The highest BCUT2D eigenvalue weighted by atomic mass is 32.2. The predicted octanol–water partition coefficient (Wildman–Crippen LogP) is 7.09. The molecule has 1 aliphatic heterocycles. The summed E-state index contributed by atoms with van der Waals surface area (Å²) in [6, 6.07) is 33.9. The third-order valence-corrected chi connectivity index (χ3v) is 6.57. The van der Waals surface area contributed by atoms with E-state index in [9.17, 15) is 0 Å². The van der Waals surface area contributed by atoms with E-state index >= 15 is 0 Å². The largest absolute Gasteiger partial charge is 0.497 e. The van der Waals surface area contributed by atoms with E-state index in [1.54, 1.807) is 7.11 Å². The van der Waals surface area contributed by atoms with Crippen molar-refractivity contribution in [3.63, 3.8) is 0 Å². The van der Waals surface area contributed by atoms with E-state index in [4.69, 9.17) is 4.74 Å². The van der Waals surface area contributed by atoms with Crippen LogP contribution in [0, 0.1) is 0 Å². The van der Waals surface area contributed by atoms with Crippen LogP contribution in [-0.2, 0) is 0 Å². The van der Waals surface area contributed by atoms with Crippen LogP contribution in [0.2, 0.25) is 0 Å². The molecule has 4 aromatic carbocycles. The van der Waals surface area contributed by atoms with Gasteiger partial charge in [-0.2, -0.15) is 0 Å². The van der Waals surface area contributed by atoms with Gasteiger partial charge in [-0.25, -0.2) is 0 Å². The summed E-state index contributed by atoms with van der Waals surface area (Å²) in [5.41, 5.74) is 6.03. The Morgan fingerprint density at radius 1 is 0.733 bits per heavy atom. The fourth-order valence-corrected chi connectivity index (χ4v) is 5.00. The quantitative estimate of drug-likeness (QED) is 0.297. The Hall–Kier alpha value is -3.30. The van der Waals surface area contributed by atoms with Crippen LogP contribution in [0.5, 0.6) is 5.75 Å². The van der Waals surface area contributed by atoms with Crippen molar-refractivity contribution >= 4 is 23.7 Å². The molecule has 0 amide bonds. The van der Waals surface area contributed by atoms with E-state index in [-0.39, 0.29) is 5.92 Å². The minimum atomic E-state index is 0.248. The smallest absolute Gasteiger partial charge is 0.118 e. The van der Waals surface area contributed by atoms with Gasteiger partial charge >= 0.3 is 0 Å². The molecule has 0 aromatic heterocycles. The Labute approximate surface area is 181 Å². The fraction of sp³-hybridized carbons (Fsp3) is 0.0741. The summed E-state index contributed by atoms with van der Waals surface area (Å²) in [6.07, 6.45) is 1.89. The van der Waals surface area contributed by atoms with Crippen LogP contribution in [0.3, 0.4) is 0 Å². The molecule has 2 nitrogen and oxygen atoms in total. The van der Waals surface area contributed by atoms with Crippen LogP contribution in [0.4, 0.5) is 5.69 Å². The highest BCUT2D eigenvalue weighted by molar-refractivity contribution is 7.99. The molecule has 146 valence electrons. The number of hydrogen-bond acceptors (Lipinski definition) is 3. The first-order valence-corrected chi connectivity index (χ1v) is 10.8. The second-order valence-corrected chi connectivity index (χ2v) is 8.32. The van der Waals surface area contributed by atoms with Crippen molar-refractivity contribution in [1.82, 2.24) is 0 Å². The average molecular weight is 408 g/mol. The second-order valence-electron chi connectivity index (χ2n) is 7.23. The Bertz CT molecular complexity index is 1150. The Balaban J connectivity index is 1.45. The molecule has 3 heteroatoms. The number of fused-ring (bicyclic) bond motifs is 2. The van der Waals surface area contributed by atoms with Gasteiger partial charge in [0.1, 0.15) is 5.75 Å². The van der Waals surface area contributed by atoms with Gasteiger partial charge in [0, 0.05) is 21.9 Å². The number of benzene rings is 4. The van der Waals surface area contributed by atoms with E-state index in [1.165, 1.54) is 26.5 Å². The molecule has 5 rings (SSSR count). The van der Waals surface area contributed by atoms with Crippen LogP contribution in [0.1, 0.15) is 28.2 Å². The maximum absolute atomic E-state index is 5.21. The summed E-state index contributed by atoms with van der Waals surface area (Å²) >= 11 is 1.86. The van der Waals surface area contributed by atoms with Crippen LogP contribution in [0.25, 0.3) is 0 Å². The molecule has 0 fully saturated rings. The summed E-state index contributed by atoms with van der Waals surface area (Å²) in [6.45, 7) is 0. The normalized spacial score (nSPS) is 13.1. The van der Waals surface area contributed by atoms with Crippen molar-refractivity contribution in [3.05, 3.63) is 119 Å². The minimum absolute atomic E-state index is 0.248. The van der Waals surface area contributed by atoms with Gasteiger partial charge in [0.2, 0.25) is 0 Å². The lowest BCUT2D eigenvalue weighted by Gasteiger charge is -2.28. The highest BCUT2D eigenvalue weighted by Crippen LogP contribution is 2.48. The molecule has 1 aliphatic rings. The summed E-state index contributed by atoms with van der Waals surface area (Å²) in [4.78, 5) is 7.31. The molecule has 0 unspecified atom stereocenters.